The van der Waals surface area contributed by atoms with Crippen molar-refractivity contribution in [3.05, 3.63) is 35.9 Å². The van der Waals surface area contributed by atoms with E-state index >= 15 is 0 Å². The van der Waals surface area contributed by atoms with Crippen molar-refractivity contribution in [2.45, 2.75) is 44.9 Å². The second kappa shape index (κ2) is 8.33. The number of nitrogens with one attached hydrogen (secondary N) is 1. The molecule has 7 nitrogen and oxygen atoms in total. The van der Waals surface area contributed by atoms with Crippen LogP contribution in [0.4, 0.5) is 4.79 Å². The van der Waals surface area contributed by atoms with Gasteiger partial charge in [0.25, 0.3) is 0 Å². The van der Waals surface area contributed by atoms with E-state index in [9.17, 15) is 14.4 Å². The van der Waals surface area contributed by atoms with Gasteiger partial charge in [0, 0.05) is 6.54 Å². The SMILES string of the molecule is CC(C(N)=O)N1CCCCC(NC(=O)OCc2ccccc2)C1=O. The Balaban J connectivity index is 1.92. The van der Waals surface area contributed by atoms with Crippen LogP contribution in [0.25, 0.3) is 0 Å². The Morgan fingerprint density at radius 2 is 2.04 bits per heavy atom. The lowest BCUT2D eigenvalue weighted by molar-refractivity contribution is -0.139. The molecule has 3 amide bonds. The van der Waals surface area contributed by atoms with E-state index in [2.05, 4.69) is 5.32 Å². The minimum absolute atomic E-state index is 0.134. The summed E-state index contributed by atoms with van der Waals surface area (Å²) in [7, 11) is 0. The molecule has 0 bridgehead atoms. The molecule has 1 aliphatic heterocycles. The quantitative estimate of drug-likeness (QED) is 0.844. The third kappa shape index (κ3) is 4.71. The smallest absolute Gasteiger partial charge is 0.408 e. The van der Waals surface area contributed by atoms with E-state index in [1.54, 1.807) is 6.92 Å². The maximum atomic E-state index is 12.5. The molecule has 24 heavy (non-hydrogen) atoms. The van der Waals surface area contributed by atoms with Gasteiger partial charge in [-0.1, -0.05) is 30.3 Å². The number of carbonyl (C=O) groups is 3. The predicted octanol–water partition coefficient (Wildman–Crippen LogP) is 1.17. The molecule has 0 saturated carbocycles. The molecule has 0 spiro atoms. The van der Waals surface area contributed by atoms with Gasteiger partial charge in [-0.25, -0.2) is 4.79 Å². The summed E-state index contributed by atoms with van der Waals surface area (Å²) >= 11 is 0. The van der Waals surface area contributed by atoms with E-state index < -0.39 is 24.1 Å². The van der Waals surface area contributed by atoms with E-state index in [0.29, 0.717) is 13.0 Å². The zero-order valence-electron chi connectivity index (χ0n) is 13.7. The Hall–Kier alpha value is -2.57. The molecule has 1 aromatic carbocycles. The minimum Gasteiger partial charge on any atom is -0.445 e. The molecule has 130 valence electrons. The molecule has 2 rings (SSSR count). The number of hydrogen-bond donors (Lipinski definition) is 2. The van der Waals surface area contributed by atoms with Crippen LogP contribution >= 0.6 is 0 Å². The van der Waals surface area contributed by atoms with Crippen molar-refractivity contribution >= 4 is 17.9 Å². The van der Waals surface area contributed by atoms with E-state index in [4.69, 9.17) is 10.5 Å². The minimum atomic E-state index is -0.697. The third-order valence-electron chi connectivity index (χ3n) is 4.11. The molecule has 1 heterocycles. The van der Waals surface area contributed by atoms with Gasteiger partial charge in [0.1, 0.15) is 18.7 Å². The normalized spacial score (nSPS) is 19.3. The molecule has 2 atom stereocenters. The highest BCUT2D eigenvalue weighted by atomic mass is 16.5. The summed E-state index contributed by atoms with van der Waals surface area (Å²) in [5, 5.41) is 2.60. The van der Waals surface area contributed by atoms with Crippen LogP contribution in [0.1, 0.15) is 31.7 Å². The molecular weight excluding hydrogens is 310 g/mol. The van der Waals surface area contributed by atoms with Gasteiger partial charge in [-0.2, -0.15) is 0 Å². The Kier molecular flexibility index (Phi) is 6.17. The van der Waals surface area contributed by atoms with Crippen molar-refractivity contribution in [3.8, 4) is 0 Å². The predicted molar refractivity (Wildman–Crippen MR) is 87.8 cm³/mol. The van der Waals surface area contributed by atoms with Gasteiger partial charge in [0.05, 0.1) is 0 Å². The number of primary amides is 1. The second-order valence-electron chi connectivity index (χ2n) is 5.86. The van der Waals surface area contributed by atoms with Gasteiger partial charge in [-0.3, -0.25) is 9.59 Å². The molecule has 1 aromatic rings. The van der Waals surface area contributed by atoms with E-state index in [-0.39, 0.29) is 12.5 Å². The Morgan fingerprint density at radius 3 is 2.71 bits per heavy atom. The fourth-order valence-electron chi connectivity index (χ4n) is 2.64. The highest BCUT2D eigenvalue weighted by molar-refractivity contribution is 5.90. The summed E-state index contributed by atoms with van der Waals surface area (Å²) in [6, 6.07) is 7.89. The number of rotatable bonds is 5. The van der Waals surface area contributed by atoms with Gasteiger partial charge < -0.3 is 20.7 Å². The van der Waals surface area contributed by atoms with Crippen molar-refractivity contribution in [2.24, 2.45) is 5.73 Å². The van der Waals surface area contributed by atoms with Crippen LogP contribution in [0.15, 0.2) is 30.3 Å². The van der Waals surface area contributed by atoms with Crippen LogP contribution in [0, 0.1) is 0 Å². The fourth-order valence-corrected chi connectivity index (χ4v) is 2.64. The van der Waals surface area contributed by atoms with Crippen LogP contribution in [0.2, 0.25) is 0 Å². The third-order valence-corrected chi connectivity index (χ3v) is 4.11. The lowest BCUT2D eigenvalue weighted by Gasteiger charge is -2.28. The van der Waals surface area contributed by atoms with Crippen LogP contribution < -0.4 is 11.1 Å². The first-order chi connectivity index (χ1) is 11.5. The number of benzene rings is 1. The largest absolute Gasteiger partial charge is 0.445 e. The monoisotopic (exact) mass is 333 g/mol. The second-order valence-corrected chi connectivity index (χ2v) is 5.86. The van der Waals surface area contributed by atoms with E-state index in [1.807, 2.05) is 30.3 Å². The van der Waals surface area contributed by atoms with Gasteiger partial charge in [0.2, 0.25) is 11.8 Å². The summed E-state index contributed by atoms with van der Waals surface area (Å²) < 4.78 is 5.15. The molecule has 1 aliphatic rings. The van der Waals surface area contributed by atoms with Crippen molar-refractivity contribution in [1.29, 1.82) is 0 Å². The molecule has 3 N–H and O–H groups in total. The molecule has 0 aliphatic carbocycles. The topological polar surface area (TPSA) is 102 Å². The molecular formula is C17H23N3O4. The summed E-state index contributed by atoms with van der Waals surface area (Å²) in [6.45, 7) is 2.19. The van der Waals surface area contributed by atoms with E-state index in [1.165, 1.54) is 4.90 Å². The lowest BCUT2D eigenvalue weighted by atomic mass is 10.1. The number of hydrogen-bond acceptors (Lipinski definition) is 4. The summed E-state index contributed by atoms with van der Waals surface area (Å²) in [6.07, 6.45) is 1.41. The Morgan fingerprint density at radius 1 is 1.33 bits per heavy atom. The number of amides is 3. The summed E-state index contributed by atoms with van der Waals surface area (Å²) in [5.74, 6) is -0.855. The van der Waals surface area contributed by atoms with Crippen molar-refractivity contribution in [2.75, 3.05) is 6.54 Å². The van der Waals surface area contributed by atoms with Crippen LogP contribution in [0.3, 0.4) is 0 Å². The number of ether oxygens (including phenoxy) is 1. The highest BCUT2D eigenvalue weighted by Gasteiger charge is 2.33. The average Bonchev–Trinajstić information content (AvgIpc) is 2.75. The number of alkyl carbamates (subject to hydrolysis) is 1. The summed E-state index contributed by atoms with van der Waals surface area (Å²) in [4.78, 5) is 37.3. The first-order valence-corrected chi connectivity index (χ1v) is 8.06. The van der Waals surface area contributed by atoms with Gasteiger partial charge in [-0.15, -0.1) is 0 Å². The maximum absolute atomic E-state index is 12.5. The molecule has 0 aromatic heterocycles. The van der Waals surface area contributed by atoms with Gasteiger partial charge in [-0.05, 0) is 31.7 Å². The van der Waals surface area contributed by atoms with Crippen LogP contribution in [-0.2, 0) is 20.9 Å². The molecule has 0 radical (unpaired) electrons. The number of likely N-dealkylation sites (tertiary alicyclic amines) is 1. The fraction of sp³-hybridized carbons (Fsp3) is 0.471. The van der Waals surface area contributed by atoms with Crippen molar-refractivity contribution < 1.29 is 19.1 Å². The van der Waals surface area contributed by atoms with Crippen LogP contribution in [-0.4, -0.2) is 41.4 Å². The zero-order valence-corrected chi connectivity index (χ0v) is 13.7. The van der Waals surface area contributed by atoms with Crippen molar-refractivity contribution in [1.82, 2.24) is 10.2 Å². The number of carbonyl (C=O) groups excluding carboxylic acids is 3. The first kappa shape index (κ1) is 17.8. The highest BCUT2D eigenvalue weighted by Crippen LogP contribution is 2.15. The Labute approximate surface area is 141 Å². The van der Waals surface area contributed by atoms with Crippen LogP contribution in [0.5, 0.6) is 0 Å². The lowest BCUT2D eigenvalue weighted by Crippen LogP contribution is -2.53. The average molecular weight is 333 g/mol. The number of nitrogens with zero attached hydrogens (tertiary/aromatic N) is 1. The molecule has 7 heteroatoms. The molecule has 1 saturated heterocycles. The summed E-state index contributed by atoms with van der Waals surface area (Å²) in [5.41, 5.74) is 6.16. The number of nitrogens with two attached hydrogens (primary N) is 1. The van der Waals surface area contributed by atoms with Gasteiger partial charge in [0.15, 0.2) is 0 Å². The zero-order chi connectivity index (χ0) is 17.5. The van der Waals surface area contributed by atoms with E-state index in [0.717, 1.165) is 18.4 Å². The maximum Gasteiger partial charge on any atom is 0.408 e. The van der Waals surface area contributed by atoms with Gasteiger partial charge >= 0.3 is 6.09 Å². The standard InChI is InChI=1S/C17H23N3O4/c1-12(15(18)21)20-10-6-5-9-14(16(20)22)19-17(23)24-11-13-7-3-2-4-8-13/h2-4,7-8,12,14H,5-6,9-11H2,1H3,(H2,18,21)(H,19,23). The van der Waals surface area contributed by atoms with Crippen molar-refractivity contribution in [3.63, 3.8) is 0 Å². The molecule has 2 unspecified atom stereocenters. The molecule has 1 fully saturated rings. The Bertz CT molecular complexity index is 591. The first-order valence-electron chi connectivity index (χ1n) is 8.06.